The average molecular weight is 325 g/mol. The van der Waals surface area contributed by atoms with E-state index in [9.17, 15) is 8.42 Å². The van der Waals surface area contributed by atoms with E-state index in [-0.39, 0.29) is 0 Å². The Kier molecular flexibility index (Phi) is 4.01. The molecule has 2 N–H and O–H groups in total. The van der Waals surface area contributed by atoms with Crippen molar-refractivity contribution >= 4 is 37.3 Å². The number of thiophene rings is 1. The first-order valence-electron chi connectivity index (χ1n) is 5.05. The van der Waals surface area contributed by atoms with E-state index in [1.807, 2.05) is 0 Å². The summed E-state index contributed by atoms with van der Waals surface area (Å²) >= 11 is 4.44. The van der Waals surface area contributed by atoms with E-state index in [1.54, 1.807) is 11.4 Å². The highest BCUT2D eigenvalue weighted by Crippen LogP contribution is 2.27. The van der Waals surface area contributed by atoms with E-state index in [0.717, 1.165) is 0 Å². The zero-order chi connectivity index (χ0) is 11.6. The molecule has 1 saturated carbocycles. The second-order valence-electron chi connectivity index (χ2n) is 3.68. The lowest BCUT2D eigenvalue weighted by Gasteiger charge is -2.06. The molecule has 0 radical (unpaired) electrons. The topological polar surface area (TPSA) is 58.2 Å². The summed E-state index contributed by atoms with van der Waals surface area (Å²) in [6.45, 7) is 1.12. The van der Waals surface area contributed by atoms with Gasteiger partial charge in [-0.2, -0.15) is 0 Å². The molecule has 0 atom stereocenters. The van der Waals surface area contributed by atoms with Gasteiger partial charge in [0.2, 0.25) is 0 Å². The lowest BCUT2D eigenvalue weighted by Crippen LogP contribution is -2.32. The van der Waals surface area contributed by atoms with Gasteiger partial charge in [-0.25, -0.2) is 13.1 Å². The van der Waals surface area contributed by atoms with E-state index in [2.05, 4.69) is 26.0 Å². The van der Waals surface area contributed by atoms with Crippen LogP contribution in [0.3, 0.4) is 0 Å². The first-order chi connectivity index (χ1) is 7.59. The Morgan fingerprint density at radius 1 is 1.44 bits per heavy atom. The van der Waals surface area contributed by atoms with Gasteiger partial charge in [-0.05, 0) is 40.2 Å². The molecule has 1 fully saturated rings. The van der Waals surface area contributed by atoms with E-state index in [4.69, 9.17) is 0 Å². The molecule has 0 aliphatic heterocycles. The van der Waals surface area contributed by atoms with Gasteiger partial charge in [0, 0.05) is 23.6 Å². The highest BCUT2D eigenvalue weighted by atomic mass is 79.9. The van der Waals surface area contributed by atoms with E-state index in [0.29, 0.717) is 27.8 Å². The summed E-state index contributed by atoms with van der Waals surface area (Å²) in [7, 11) is -3.34. The van der Waals surface area contributed by atoms with Gasteiger partial charge in [0.25, 0.3) is 10.0 Å². The maximum Gasteiger partial charge on any atom is 0.251 e. The monoisotopic (exact) mass is 324 g/mol. The molecular weight excluding hydrogens is 312 g/mol. The van der Waals surface area contributed by atoms with Crippen molar-refractivity contribution in [3.8, 4) is 0 Å². The minimum atomic E-state index is -3.34. The number of sulfonamides is 1. The van der Waals surface area contributed by atoms with Crippen LogP contribution in [0.5, 0.6) is 0 Å². The van der Waals surface area contributed by atoms with Gasteiger partial charge in [0.05, 0.1) is 0 Å². The molecule has 0 amide bonds. The highest BCUT2D eigenvalue weighted by molar-refractivity contribution is 9.10. The van der Waals surface area contributed by atoms with Crippen LogP contribution in [0.2, 0.25) is 0 Å². The molecule has 16 heavy (non-hydrogen) atoms. The smallest absolute Gasteiger partial charge is 0.251 e. The second-order valence-corrected chi connectivity index (χ2v) is 7.41. The lowest BCUT2D eigenvalue weighted by molar-refractivity contribution is 0.577. The minimum Gasteiger partial charge on any atom is -0.313 e. The van der Waals surface area contributed by atoms with Gasteiger partial charge in [0.1, 0.15) is 4.21 Å². The van der Waals surface area contributed by atoms with Crippen molar-refractivity contribution in [3.63, 3.8) is 0 Å². The molecule has 0 spiro atoms. The fourth-order valence-electron chi connectivity index (χ4n) is 1.29. The zero-order valence-corrected chi connectivity index (χ0v) is 11.8. The molecule has 1 aromatic heterocycles. The third-order valence-corrected chi connectivity index (χ3v) is 6.39. The normalized spacial score (nSPS) is 16.6. The Morgan fingerprint density at radius 2 is 2.19 bits per heavy atom. The van der Waals surface area contributed by atoms with Crippen LogP contribution in [0, 0.1) is 0 Å². The van der Waals surface area contributed by atoms with Crippen molar-refractivity contribution in [2.45, 2.75) is 23.1 Å². The molecule has 4 nitrogen and oxygen atoms in total. The zero-order valence-electron chi connectivity index (χ0n) is 8.57. The Balaban J connectivity index is 1.85. The molecular formula is C9H13BrN2O2S2. The third-order valence-electron chi connectivity index (χ3n) is 2.26. The second kappa shape index (κ2) is 5.14. The lowest BCUT2D eigenvalue weighted by atomic mass is 10.6. The van der Waals surface area contributed by atoms with Crippen LogP contribution >= 0.6 is 27.3 Å². The Bertz CT molecular complexity index is 454. The molecule has 7 heteroatoms. The van der Waals surface area contributed by atoms with Gasteiger partial charge < -0.3 is 5.32 Å². The van der Waals surface area contributed by atoms with Crippen LogP contribution in [-0.4, -0.2) is 27.5 Å². The van der Waals surface area contributed by atoms with Crippen molar-refractivity contribution in [1.82, 2.24) is 10.0 Å². The standard InChI is InChI=1S/C9H13BrN2O2S2/c10-8-3-6-15-9(8)16(13,14)12-5-4-11-7-1-2-7/h3,6-7,11-12H,1-2,4-5H2. The molecule has 1 aliphatic rings. The van der Waals surface area contributed by atoms with Crippen LogP contribution in [0.4, 0.5) is 0 Å². The number of nitrogens with one attached hydrogen (secondary N) is 2. The van der Waals surface area contributed by atoms with Crippen LogP contribution in [0.15, 0.2) is 20.1 Å². The molecule has 1 aromatic rings. The maximum atomic E-state index is 11.8. The Morgan fingerprint density at radius 3 is 2.75 bits per heavy atom. The van der Waals surface area contributed by atoms with E-state index in [1.165, 1.54) is 24.2 Å². The molecule has 1 aliphatic carbocycles. The summed E-state index contributed by atoms with van der Waals surface area (Å²) in [6, 6.07) is 2.35. The fourth-order valence-corrected chi connectivity index (χ4v) is 4.70. The van der Waals surface area contributed by atoms with Crippen molar-refractivity contribution in [2.24, 2.45) is 0 Å². The van der Waals surface area contributed by atoms with E-state index >= 15 is 0 Å². The van der Waals surface area contributed by atoms with Gasteiger partial charge in [0.15, 0.2) is 0 Å². The molecule has 90 valence electrons. The first-order valence-corrected chi connectivity index (χ1v) is 8.21. The third kappa shape index (κ3) is 3.27. The van der Waals surface area contributed by atoms with Crippen LogP contribution < -0.4 is 10.0 Å². The molecule has 0 aromatic carbocycles. The molecule has 0 unspecified atom stereocenters. The van der Waals surface area contributed by atoms with Crippen molar-refractivity contribution in [1.29, 1.82) is 0 Å². The Labute approximate surface area is 108 Å². The van der Waals surface area contributed by atoms with Gasteiger partial charge in [-0.15, -0.1) is 11.3 Å². The summed E-state index contributed by atoms with van der Waals surface area (Å²) in [6.07, 6.45) is 2.42. The van der Waals surface area contributed by atoms with Gasteiger partial charge in [-0.1, -0.05) is 0 Å². The maximum absolute atomic E-state index is 11.8. The number of hydrogen-bond donors (Lipinski definition) is 2. The molecule has 0 saturated heterocycles. The summed E-state index contributed by atoms with van der Waals surface area (Å²) < 4.78 is 27.2. The van der Waals surface area contributed by atoms with Crippen LogP contribution in [0.1, 0.15) is 12.8 Å². The van der Waals surface area contributed by atoms with Gasteiger partial charge >= 0.3 is 0 Å². The number of rotatable bonds is 6. The van der Waals surface area contributed by atoms with Crippen LogP contribution in [-0.2, 0) is 10.0 Å². The first kappa shape index (κ1) is 12.5. The quantitative estimate of drug-likeness (QED) is 0.780. The predicted octanol–water partition coefficient (Wildman–Crippen LogP) is 1.54. The van der Waals surface area contributed by atoms with Crippen molar-refractivity contribution in [2.75, 3.05) is 13.1 Å². The minimum absolute atomic E-state index is 0.346. The van der Waals surface area contributed by atoms with E-state index < -0.39 is 10.0 Å². The molecule has 0 bridgehead atoms. The highest BCUT2D eigenvalue weighted by Gasteiger charge is 2.21. The van der Waals surface area contributed by atoms with Crippen molar-refractivity contribution < 1.29 is 8.42 Å². The van der Waals surface area contributed by atoms with Crippen LogP contribution in [0.25, 0.3) is 0 Å². The largest absolute Gasteiger partial charge is 0.313 e. The predicted molar refractivity (Wildman–Crippen MR) is 68.2 cm³/mol. The Hall–Kier alpha value is 0.0500. The average Bonchev–Trinajstić information content (AvgIpc) is 2.94. The van der Waals surface area contributed by atoms with Crippen molar-refractivity contribution in [3.05, 3.63) is 15.9 Å². The summed E-state index contributed by atoms with van der Waals surface area (Å²) in [4.78, 5) is 0. The number of hydrogen-bond acceptors (Lipinski definition) is 4. The molecule has 1 heterocycles. The van der Waals surface area contributed by atoms with Gasteiger partial charge in [-0.3, -0.25) is 0 Å². The fraction of sp³-hybridized carbons (Fsp3) is 0.556. The summed E-state index contributed by atoms with van der Waals surface area (Å²) in [5, 5.41) is 5.00. The summed E-state index contributed by atoms with van der Waals surface area (Å²) in [5.41, 5.74) is 0. The SMILES string of the molecule is O=S(=O)(NCCNC1CC1)c1sccc1Br. The number of halogens is 1. The summed E-state index contributed by atoms with van der Waals surface area (Å²) in [5.74, 6) is 0. The molecule has 2 rings (SSSR count).